The normalized spacial score (nSPS) is 22.0. The van der Waals surface area contributed by atoms with E-state index in [1.165, 1.54) is 7.11 Å². The average Bonchev–Trinajstić information content (AvgIpc) is 3.50. The van der Waals surface area contributed by atoms with Gasteiger partial charge < -0.3 is 32.3 Å². The van der Waals surface area contributed by atoms with Crippen LogP contribution >= 0.6 is 0 Å². The number of nitrogen functional groups attached to an aromatic ring is 1. The molecule has 4 rings (SSSR count). The first-order valence-electron chi connectivity index (χ1n) is 10.4. The molecule has 2 fully saturated rings. The van der Waals surface area contributed by atoms with Crippen molar-refractivity contribution >= 4 is 22.6 Å². The summed E-state index contributed by atoms with van der Waals surface area (Å²) in [6.07, 6.45) is 1.70. The molecule has 2 aromatic rings. The van der Waals surface area contributed by atoms with Crippen LogP contribution in [0.15, 0.2) is 21.7 Å². The van der Waals surface area contributed by atoms with Crippen LogP contribution < -0.4 is 43.5 Å². The zero-order chi connectivity index (χ0) is 22.4. The number of nitrogens with two attached hydrogens (primary N) is 3. The van der Waals surface area contributed by atoms with Crippen LogP contribution in [0.2, 0.25) is 0 Å². The maximum absolute atomic E-state index is 12.8. The third kappa shape index (κ3) is 3.58. The molecule has 0 radical (unpaired) electrons. The Morgan fingerprint density at radius 2 is 2.00 bits per heavy atom. The molecule has 7 N–H and O–H groups in total. The van der Waals surface area contributed by atoms with Crippen LogP contribution in [0.25, 0.3) is 10.9 Å². The van der Waals surface area contributed by atoms with E-state index >= 15 is 0 Å². The van der Waals surface area contributed by atoms with Gasteiger partial charge in [0.15, 0.2) is 5.75 Å². The van der Waals surface area contributed by atoms with E-state index in [0.717, 1.165) is 25.1 Å². The summed E-state index contributed by atoms with van der Waals surface area (Å²) in [6.45, 7) is 3.77. The molecule has 168 valence electrons. The van der Waals surface area contributed by atoms with Crippen LogP contribution in [0.5, 0.6) is 5.75 Å². The van der Waals surface area contributed by atoms with Gasteiger partial charge in [0, 0.05) is 31.7 Å². The first-order valence-corrected chi connectivity index (χ1v) is 10.4. The Morgan fingerprint density at radius 1 is 1.29 bits per heavy atom. The van der Waals surface area contributed by atoms with Gasteiger partial charge in [0.2, 0.25) is 0 Å². The Balaban J connectivity index is 1.76. The quantitative estimate of drug-likeness (QED) is 0.439. The second-order valence-electron chi connectivity index (χ2n) is 8.53. The third-order valence-corrected chi connectivity index (χ3v) is 6.40. The predicted molar refractivity (Wildman–Crippen MR) is 118 cm³/mol. The Bertz CT molecular complexity index is 1140. The van der Waals surface area contributed by atoms with Gasteiger partial charge in [-0.05, 0) is 36.8 Å². The van der Waals surface area contributed by atoms with Gasteiger partial charge in [0.1, 0.15) is 5.52 Å². The van der Waals surface area contributed by atoms with Crippen molar-refractivity contribution in [2.24, 2.45) is 23.3 Å². The van der Waals surface area contributed by atoms with Gasteiger partial charge in [-0.25, -0.2) is 9.59 Å². The van der Waals surface area contributed by atoms with Crippen molar-refractivity contribution in [3.63, 3.8) is 0 Å². The second-order valence-corrected chi connectivity index (χ2v) is 8.53. The summed E-state index contributed by atoms with van der Waals surface area (Å²) in [5, 5.41) is 2.92. The van der Waals surface area contributed by atoms with Crippen LogP contribution in [0, 0.1) is 11.8 Å². The first-order chi connectivity index (χ1) is 14.7. The van der Waals surface area contributed by atoms with E-state index in [2.05, 4.69) is 17.1 Å². The Hall–Kier alpha value is -3.21. The molecule has 1 aromatic heterocycles. The number of carbonyl (C=O) groups is 1. The predicted octanol–water partition coefficient (Wildman–Crippen LogP) is -0.712. The molecule has 1 aliphatic heterocycles. The lowest BCUT2D eigenvalue weighted by Crippen LogP contribution is -2.45. The molecule has 2 heterocycles. The second kappa shape index (κ2) is 7.80. The number of ether oxygens (including phenoxy) is 1. The van der Waals surface area contributed by atoms with Gasteiger partial charge in [0.25, 0.3) is 5.56 Å². The minimum atomic E-state index is -0.599. The van der Waals surface area contributed by atoms with Gasteiger partial charge in [-0.2, -0.15) is 4.68 Å². The minimum Gasteiger partial charge on any atom is -0.492 e. The lowest BCUT2D eigenvalue weighted by molar-refractivity contribution is 0.246. The number of nitrogens with one attached hydrogen (secondary N) is 1. The van der Waals surface area contributed by atoms with Crippen molar-refractivity contribution in [3.8, 4) is 5.75 Å². The lowest BCUT2D eigenvalue weighted by Gasteiger charge is -2.25. The summed E-state index contributed by atoms with van der Waals surface area (Å²) < 4.78 is 8.00. The number of fused-ring (bicyclic) bond motifs is 1. The number of aromatic nitrogens is 2. The van der Waals surface area contributed by atoms with Gasteiger partial charge in [-0.3, -0.25) is 9.36 Å². The van der Waals surface area contributed by atoms with Gasteiger partial charge in [0.05, 0.1) is 18.2 Å². The number of methoxy groups -OCH3 is 1. The zero-order valence-corrected chi connectivity index (χ0v) is 17.7. The van der Waals surface area contributed by atoms with Crippen molar-refractivity contribution in [2.45, 2.75) is 31.8 Å². The highest BCUT2D eigenvalue weighted by molar-refractivity contribution is 5.91. The van der Waals surface area contributed by atoms with Crippen LogP contribution in [0.4, 0.5) is 10.5 Å². The van der Waals surface area contributed by atoms with Crippen LogP contribution in [-0.4, -0.2) is 48.1 Å². The molecule has 2 amide bonds. The van der Waals surface area contributed by atoms with Crippen LogP contribution in [-0.2, 0) is 0 Å². The average molecular weight is 431 g/mol. The Morgan fingerprint density at radius 3 is 2.61 bits per heavy atom. The molecule has 31 heavy (non-hydrogen) atoms. The molecule has 2 aliphatic rings. The molecule has 0 bridgehead atoms. The van der Waals surface area contributed by atoms with Gasteiger partial charge >= 0.3 is 11.7 Å². The van der Waals surface area contributed by atoms with Crippen LogP contribution in [0.1, 0.15) is 25.8 Å². The molecule has 1 saturated carbocycles. The number of hydrogen-bond donors (Lipinski definition) is 4. The van der Waals surface area contributed by atoms with E-state index in [-0.39, 0.29) is 23.9 Å². The molecule has 11 heteroatoms. The standard InChI is InChI=1S/C20H29N7O4/c1-10-8-25(9-13(10)14(21)7-24-19(22)29)15-6-5-12-16(17(15)31-2)26(11-3-4-11)20(30)27(23)18(12)28/h5-6,10-11,13-14H,3-4,7-9,21,23H2,1-2H3,(H3,22,24,29)/t10-,13+,14-/m1/s1. The van der Waals surface area contributed by atoms with E-state index in [4.69, 9.17) is 22.0 Å². The molecular weight excluding hydrogens is 402 g/mol. The number of carbonyl (C=O) groups excluding carboxylic acids is 1. The largest absolute Gasteiger partial charge is 0.492 e. The van der Waals surface area contributed by atoms with Crippen molar-refractivity contribution in [3.05, 3.63) is 33.0 Å². The highest BCUT2D eigenvalue weighted by Gasteiger charge is 2.36. The van der Waals surface area contributed by atoms with Crippen molar-refractivity contribution < 1.29 is 9.53 Å². The first kappa shape index (κ1) is 21.0. The Kier molecular flexibility index (Phi) is 5.29. The molecule has 0 unspecified atom stereocenters. The fourth-order valence-corrected chi connectivity index (χ4v) is 4.64. The number of primary amides is 1. The molecule has 1 aliphatic carbocycles. The van der Waals surface area contributed by atoms with Crippen molar-refractivity contribution in [2.75, 3.05) is 37.5 Å². The number of nitrogens with zero attached hydrogens (tertiary/aromatic N) is 3. The van der Waals surface area contributed by atoms with Gasteiger partial charge in [-0.15, -0.1) is 0 Å². The summed E-state index contributed by atoms with van der Waals surface area (Å²) in [5.74, 6) is 6.61. The summed E-state index contributed by atoms with van der Waals surface area (Å²) in [6, 6.07) is 2.68. The molecule has 0 spiro atoms. The van der Waals surface area contributed by atoms with Crippen molar-refractivity contribution in [1.29, 1.82) is 0 Å². The molecule has 1 saturated heterocycles. The summed E-state index contributed by atoms with van der Waals surface area (Å²) >= 11 is 0. The maximum atomic E-state index is 12.8. The van der Waals surface area contributed by atoms with E-state index in [0.29, 0.717) is 34.4 Å². The summed E-state index contributed by atoms with van der Waals surface area (Å²) in [4.78, 5) is 38.6. The van der Waals surface area contributed by atoms with Crippen LogP contribution in [0.3, 0.4) is 0 Å². The smallest absolute Gasteiger partial charge is 0.350 e. The van der Waals surface area contributed by atoms with E-state index in [9.17, 15) is 14.4 Å². The molecule has 3 atom stereocenters. The number of benzene rings is 1. The summed E-state index contributed by atoms with van der Waals surface area (Å²) in [7, 11) is 1.54. The van der Waals surface area contributed by atoms with E-state index < -0.39 is 17.3 Å². The zero-order valence-electron chi connectivity index (χ0n) is 17.7. The Labute approximate surface area is 178 Å². The maximum Gasteiger partial charge on any atom is 0.350 e. The fraction of sp³-hybridized carbons (Fsp3) is 0.550. The topological polar surface area (TPSA) is 164 Å². The van der Waals surface area contributed by atoms with E-state index in [1.54, 1.807) is 10.6 Å². The van der Waals surface area contributed by atoms with Crippen molar-refractivity contribution in [1.82, 2.24) is 14.6 Å². The lowest BCUT2D eigenvalue weighted by atomic mass is 9.91. The van der Waals surface area contributed by atoms with E-state index in [1.807, 2.05) is 6.07 Å². The minimum absolute atomic E-state index is 0.00750. The highest BCUT2D eigenvalue weighted by Crippen LogP contribution is 2.42. The molecular formula is C20H29N7O4. The monoisotopic (exact) mass is 431 g/mol. The number of anilines is 1. The molecule has 1 aromatic carbocycles. The number of rotatable bonds is 6. The number of amides is 2. The number of hydrogen-bond acceptors (Lipinski definition) is 7. The summed E-state index contributed by atoms with van der Waals surface area (Å²) in [5.41, 5.74) is 11.7. The highest BCUT2D eigenvalue weighted by atomic mass is 16.5. The fourth-order valence-electron chi connectivity index (χ4n) is 4.64. The third-order valence-electron chi connectivity index (χ3n) is 6.40. The molecule has 11 nitrogen and oxygen atoms in total. The SMILES string of the molecule is COc1c(N2C[C@H]([C@H](N)CNC(N)=O)[C@H](C)C2)ccc2c(=O)n(N)c(=O)n(C3CC3)c12. The van der Waals surface area contributed by atoms with Gasteiger partial charge in [-0.1, -0.05) is 6.92 Å². The number of urea groups is 1.